The van der Waals surface area contributed by atoms with E-state index < -0.39 is 16.0 Å². The lowest BCUT2D eigenvalue weighted by Gasteiger charge is -2.18. The Kier molecular flexibility index (Phi) is 7.47. The Balaban J connectivity index is 0.00000288. The first-order valence-electron chi connectivity index (χ1n) is 7.35. The summed E-state index contributed by atoms with van der Waals surface area (Å²) >= 11 is 0. The van der Waals surface area contributed by atoms with Gasteiger partial charge in [0.2, 0.25) is 10.0 Å². The van der Waals surface area contributed by atoms with Crippen LogP contribution < -0.4 is 10.1 Å². The fourth-order valence-corrected chi connectivity index (χ4v) is 4.40. The second-order valence-corrected chi connectivity index (χ2v) is 7.34. The molecule has 7 nitrogen and oxygen atoms in total. The van der Waals surface area contributed by atoms with Crippen LogP contribution >= 0.6 is 12.4 Å². The highest BCUT2D eigenvalue weighted by molar-refractivity contribution is 7.89. The number of carbonyl (C=O) groups excluding carboxylic acids is 1. The summed E-state index contributed by atoms with van der Waals surface area (Å²) in [5.74, 6) is -0.0948. The van der Waals surface area contributed by atoms with Gasteiger partial charge in [-0.1, -0.05) is 0 Å². The molecule has 1 saturated heterocycles. The molecule has 9 heteroatoms. The molecule has 24 heavy (non-hydrogen) atoms. The third kappa shape index (κ3) is 4.18. The molecule has 1 N–H and O–H groups in total. The van der Waals surface area contributed by atoms with Gasteiger partial charge in [-0.05, 0) is 44.1 Å². The Morgan fingerprint density at radius 3 is 2.67 bits per heavy atom. The maximum atomic E-state index is 12.8. The number of sulfonamides is 1. The lowest BCUT2D eigenvalue weighted by Crippen LogP contribution is -2.30. The van der Waals surface area contributed by atoms with E-state index in [0.29, 0.717) is 19.0 Å². The Hall–Kier alpha value is -1.35. The molecule has 2 rings (SSSR count). The highest BCUT2D eigenvalue weighted by Crippen LogP contribution is 2.31. The third-order valence-electron chi connectivity index (χ3n) is 3.94. The molecule has 0 aliphatic carbocycles. The quantitative estimate of drug-likeness (QED) is 0.747. The van der Waals surface area contributed by atoms with Crippen molar-refractivity contribution in [3.63, 3.8) is 0 Å². The predicted molar refractivity (Wildman–Crippen MR) is 92.4 cm³/mol. The zero-order chi connectivity index (χ0) is 17.0. The standard InChI is InChI=1S/C15H22N2O5S.ClH/c1-16-9-11-6-7-17(10-11)23(19,20)14-5-4-12(15(18)22-3)8-13(14)21-2;/h4-5,8,11,16H,6-7,9-10H2,1-3H3;1H. The molecule has 0 saturated carbocycles. The lowest BCUT2D eigenvalue weighted by atomic mass is 10.1. The first kappa shape index (κ1) is 20.7. The zero-order valence-corrected chi connectivity index (χ0v) is 15.6. The molecule has 1 aliphatic heterocycles. The van der Waals surface area contributed by atoms with Gasteiger partial charge < -0.3 is 14.8 Å². The van der Waals surface area contributed by atoms with Crippen molar-refractivity contribution in [2.45, 2.75) is 11.3 Å². The van der Waals surface area contributed by atoms with Crippen molar-refractivity contribution in [1.82, 2.24) is 9.62 Å². The second kappa shape index (κ2) is 8.66. The topological polar surface area (TPSA) is 84.9 Å². The summed E-state index contributed by atoms with van der Waals surface area (Å²) in [6, 6.07) is 4.22. The number of rotatable bonds is 6. The summed E-state index contributed by atoms with van der Waals surface area (Å²) in [7, 11) is 0.847. The van der Waals surface area contributed by atoms with Crippen molar-refractivity contribution >= 4 is 28.4 Å². The van der Waals surface area contributed by atoms with Gasteiger partial charge in [-0.2, -0.15) is 4.31 Å². The fraction of sp³-hybridized carbons (Fsp3) is 0.533. The van der Waals surface area contributed by atoms with E-state index in [9.17, 15) is 13.2 Å². The van der Waals surface area contributed by atoms with Crippen LogP contribution in [0.1, 0.15) is 16.8 Å². The number of ether oxygens (including phenoxy) is 2. The Morgan fingerprint density at radius 2 is 2.08 bits per heavy atom. The summed E-state index contributed by atoms with van der Waals surface area (Å²) < 4.78 is 36.9. The molecular formula is C15H23ClN2O5S. The second-order valence-electron chi connectivity index (χ2n) is 5.43. The summed E-state index contributed by atoms with van der Waals surface area (Å²) in [6.07, 6.45) is 0.822. The van der Waals surface area contributed by atoms with Crippen molar-refractivity contribution < 1.29 is 22.7 Å². The molecule has 1 atom stereocenters. The van der Waals surface area contributed by atoms with Gasteiger partial charge in [0.25, 0.3) is 0 Å². The summed E-state index contributed by atoms with van der Waals surface area (Å²) in [5, 5.41) is 3.07. The molecule has 136 valence electrons. The van der Waals surface area contributed by atoms with Crippen LogP contribution in [0.3, 0.4) is 0 Å². The molecule has 0 aromatic heterocycles. The maximum Gasteiger partial charge on any atom is 0.337 e. The van der Waals surface area contributed by atoms with E-state index in [1.165, 1.54) is 36.7 Å². The van der Waals surface area contributed by atoms with E-state index in [2.05, 4.69) is 10.1 Å². The average molecular weight is 379 g/mol. The van der Waals surface area contributed by atoms with Crippen LogP contribution in [0.25, 0.3) is 0 Å². The lowest BCUT2D eigenvalue weighted by molar-refractivity contribution is 0.0600. The van der Waals surface area contributed by atoms with Crippen LogP contribution in [-0.4, -0.2) is 59.6 Å². The van der Waals surface area contributed by atoms with Crippen molar-refractivity contribution in [2.24, 2.45) is 5.92 Å². The van der Waals surface area contributed by atoms with Gasteiger partial charge in [-0.3, -0.25) is 0 Å². The molecular weight excluding hydrogens is 356 g/mol. The summed E-state index contributed by atoms with van der Waals surface area (Å²) in [6.45, 7) is 1.74. The van der Waals surface area contributed by atoms with E-state index in [-0.39, 0.29) is 28.6 Å². The number of carbonyl (C=O) groups is 1. The number of benzene rings is 1. The maximum absolute atomic E-state index is 12.8. The number of nitrogens with one attached hydrogen (secondary N) is 1. The van der Waals surface area contributed by atoms with Gasteiger partial charge in [-0.15, -0.1) is 12.4 Å². The molecule has 0 bridgehead atoms. The Labute approximate surface area is 148 Å². The highest BCUT2D eigenvalue weighted by Gasteiger charge is 2.34. The smallest absolute Gasteiger partial charge is 0.337 e. The molecule has 1 aliphatic rings. The number of methoxy groups -OCH3 is 2. The molecule has 1 aromatic carbocycles. The number of nitrogens with zero attached hydrogens (tertiary/aromatic N) is 1. The minimum absolute atomic E-state index is 0. The molecule has 0 amide bonds. The minimum atomic E-state index is -3.65. The molecule has 1 unspecified atom stereocenters. The van der Waals surface area contributed by atoms with E-state index in [1.807, 2.05) is 7.05 Å². The van der Waals surface area contributed by atoms with Crippen molar-refractivity contribution in [2.75, 3.05) is 40.9 Å². The SMILES string of the molecule is CNCC1CCN(S(=O)(=O)c2ccc(C(=O)OC)cc2OC)C1.Cl. The van der Waals surface area contributed by atoms with Gasteiger partial charge in [0.1, 0.15) is 10.6 Å². The third-order valence-corrected chi connectivity index (χ3v) is 5.85. The molecule has 1 fully saturated rings. The van der Waals surface area contributed by atoms with Crippen LogP contribution in [0.15, 0.2) is 23.1 Å². The van der Waals surface area contributed by atoms with E-state index in [0.717, 1.165) is 13.0 Å². The van der Waals surface area contributed by atoms with E-state index in [1.54, 1.807) is 0 Å². The first-order valence-corrected chi connectivity index (χ1v) is 8.79. The van der Waals surface area contributed by atoms with Crippen LogP contribution in [0.4, 0.5) is 0 Å². The van der Waals surface area contributed by atoms with Crippen LogP contribution in [-0.2, 0) is 14.8 Å². The monoisotopic (exact) mass is 378 g/mol. The molecule has 1 aromatic rings. The van der Waals surface area contributed by atoms with E-state index >= 15 is 0 Å². The minimum Gasteiger partial charge on any atom is -0.495 e. The van der Waals surface area contributed by atoms with Crippen molar-refractivity contribution in [3.05, 3.63) is 23.8 Å². The zero-order valence-electron chi connectivity index (χ0n) is 13.9. The summed E-state index contributed by atoms with van der Waals surface area (Å²) in [4.78, 5) is 11.6. The number of halogens is 1. The average Bonchev–Trinajstić information content (AvgIpc) is 3.03. The fourth-order valence-electron chi connectivity index (χ4n) is 2.74. The van der Waals surface area contributed by atoms with Gasteiger partial charge in [-0.25, -0.2) is 13.2 Å². The van der Waals surface area contributed by atoms with Gasteiger partial charge in [0.15, 0.2) is 0 Å². The Bertz CT molecular complexity index is 680. The van der Waals surface area contributed by atoms with Crippen molar-refractivity contribution in [3.8, 4) is 5.75 Å². The number of hydrogen-bond acceptors (Lipinski definition) is 6. The largest absolute Gasteiger partial charge is 0.495 e. The highest BCUT2D eigenvalue weighted by atomic mass is 35.5. The first-order chi connectivity index (χ1) is 10.9. The van der Waals surface area contributed by atoms with Crippen LogP contribution in [0, 0.1) is 5.92 Å². The summed E-state index contributed by atoms with van der Waals surface area (Å²) in [5.41, 5.74) is 0.248. The van der Waals surface area contributed by atoms with Gasteiger partial charge in [0.05, 0.1) is 19.8 Å². The molecule has 0 radical (unpaired) electrons. The predicted octanol–water partition coefficient (Wildman–Crippen LogP) is 1.13. The normalized spacial score (nSPS) is 18.0. The Morgan fingerprint density at radius 1 is 1.38 bits per heavy atom. The van der Waals surface area contributed by atoms with Crippen LogP contribution in [0.2, 0.25) is 0 Å². The van der Waals surface area contributed by atoms with Crippen molar-refractivity contribution in [1.29, 1.82) is 0 Å². The number of hydrogen-bond donors (Lipinski definition) is 1. The number of esters is 1. The van der Waals surface area contributed by atoms with Gasteiger partial charge >= 0.3 is 5.97 Å². The molecule has 1 heterocycles. The van der Waals surface area contributed by atoms with Crippen LogP contribution in [0.5, 0.6) is 5.75 Å². The van der Waals surface area contributed by atoms with E-state index in [4.69, 9.17) is 4.74 Å². The van der Waals surface area contributed by atoms with Gasteiger partial charge in [0, 0.05) is 13.1 Å². The molecule has 0 spiro atoms.